The number of carbonyl (C=O) groups is 2. The zero-order valence-corrected chi connectivity index (χ0v) is 41.8. The van der Waals surface area contributed by atoms with Crippen LogP contribution in [0.15, 0.2) is 0 Å². The van der Waals surface area contributed by atoms with E-state index in [2.05, 4.69) is 20.8 Å². The molecule has 0 spiro atoms. The highest BCUT2D eigenvalue weighted by atomic mass is 35.5. The number of ether oxygens (including phenoxy) is 2. The highest BCUT2D eigenvalue weighted by molar-refractivity contribution is 5.76. The van der Waals surface area contributed by atoms with Gasteiger partial charge in [0, 0.05) is 6.42 Å². The van der Waals surface area contributed by atoms with Gasteiger partial charge in [0.05, 0.1) is 34.2 Å². The predicted molar refractivity (Wildman–Crippen MR) is 254 cm³/mol. The molecule has 0 N–H and O–H groups in total. The van der Waals surface area contributed by atoms with Gasteiger partial charge in [-0.05, 0) is 32.1 Å². The number of likely N-dealkylation sites (N-methyl/N-ethyl adjacent to an activating group) is 1. The number of hydrogen-bond acceptors (Lipinski definition) is 4. The Balaban J connectivity index is 0. The van der Waals surface area contributed by atoms with Crippen LogP contribution in [-0.4, -0.2) is 56.3 Å². The maximum absolute atomic E-state index is 13.3. The molecule has 59 heavy (non-hydrogen) atoms. The normalized spacial score (nSPS) is 12.2. The summed E-state index contributed by atoms with van der Waals surface area (Å²) in [4.78, 5) is 26.5. The van der Waals surface area contributed by atoms with Crippen molar-refractivity contribution in [2.75, 3.05) is 27.7 Å². The van der Waals surface area contributed by atoms with Crippen LogP contribution in [0.5, 0.6) is 0 Å². The zero-order valence-electron chi connectivity index (χ0n) is 41.0. The number of halogens is 1. The lowest BCUT2D eigenvalue weighted by atomic mass is 10.0. The molecule has 0 radical (unpaired) electrons. The van der Waals surface area contributed by atoms with Crippen LogP contribution >= 0.6 is 0 Å². The molecule has 0 aliphatic heterocycles. The number of hydrogen-bond donors (Lipinski definition) is 0. The Kier molecular flexibility index (Phi) is 47.7. The summed E-state index contributed by atoms with van der Waals surface area (Å²) in [7, 11) is 6.11. The lowest BCUT2D eigenvalue weighted by Gasteiger charge is -2.32. The van der Waals surface area contributed by atoms with Gasteiger partial charge in [0.1, 0.15) is 6.10 Å². The van der Waals surface area contributed by atoms with Crippen LogP contribution in [0.25, 0.3) is 0 Å². The van der Waals surface area contributed by atoms with E-state index in [-0.39, 0.29) is 42.9 Å². The third kappa shape index (κ3) is 43.6. The first-order chi connectivity index (χ1) is 28.3. The van der Waals surface area contributed by atoms with E-state index in [0.717, 1.165) is 38.5 Å². The van der Waals surface area contributed by atoms with Crippen LogP contribution in [-0.2, 0) is 19.1 Å². The largest absolute Gasteiger partial charge is 1.00 e. The molecule has 1 unspecified atom stereocenters. The van der Waals surface area contributed by atoms with Crippen LogP contribution < -0.4 is 12.4 Å². The van der Waals surface area contributed by atoms with Crippen molar-refractivity contribution in [3.63, 3.8) is 0 Å². The Labute approximate surface area is 376 Å². The van der Waals surface area contributed by atoms with Crippen LogP contribution in [0.1, 0.15) is 290 Å². The molecule has 0 amide bonds. The fourth-order valence-corrected chi connectivity index (χ4v) is 8.57. The Morgan fingerprint density at radius 2 is 0.661 bits per heavy atom. The van der Waals surface area contributed by atoms with Gasteiger partial charge in [-0.1, -0.05) is 245 Å². The van der Waals surface area contributed by atoms with Gasteiger partial charge in [0.15, 0.2) is 6.04 Å². The Hall–Kier alpha value is -0.810. The molecule has 0 fully saturated rings. The minimum absolute atomic E-state index is 0. The van der Waals surface area contributed by atoms with Crippen molar-refractivity contribution in [2.24, 2.45) is 0 Å². The van der Waals surface area contributed by atoms with Gasteiger partial charge in [0.2, 0.25) is 0 Å². The third-order valence-corrected chi connectivity index (χ3v) is 12.6. The van der Waals surface area contributed by atoms with Crippen molar-refractivity contribution in [2.45, 2.75) is 303 Å². The van der Waals surface area contributed by atoms with Crippen molar-refractivity contribution in [3.8, 4) is 0 Å². The number of quaternary nitrogens is 1. The van der Waals surface area contributed by atoms with E-state index in [9.17, 15) is 9.59 Å². The molecule has 5 nitrogen and oxygen atoms in total. The molecule has 1 atom stereocenters. The molecule has 0 aromatic rings. The van der Waals surface area contributed by atoms with Crippen molar-refractivity contribution >= 4 is 11.9 Å². The number of nitrogens with zero attached hydrogens (tertiary/aromatic N) is 1. The van der Waals surface area contributed by atoms with E-state index >= 15 is 0 Å². The third-order valence-electron chi connectivity index (χ3n) is 12.6. The first kappa shape index (κ1) is 60.3. The summed E-state index contributed by atoms with van der Waals surface area (Å²) in [6.07, 6.45) is 53.2. The second kappa shape index (κ2) is 46.7. The minimum Gasteiger partial charge on any atom is -1.00 e. The average molecular weight is 857 g/mol. The van der Waals surface area contributed by atoms with Gasteiger partial charge in [-0.2, -0.15) is 0 Å². The predicted octanol–water partition coefficient (Wildman–Crippen LogP) is 14.0. The quantitative estimate of drug-likeness (QED) is 0.0348. The Morgan fingerprint density at radius 1 is 0.390 bits per heavy atom. The zero-order chi connectivity index (χ0) is 42.6. The second-order valence-corrected chi connectivity index (χ2v) is 19.4. The maximum Gasteiger partial charge on any atom is 0.364 e. The lowest BCUT2D eigenvalue weighted by Crippen LogP contribution is -3.00. The van der Waals surface area contributed by atoms with E-state index in [4.69, 9.17) is 9.47 Å². The monoisotopic (exact) mass is 856 g/mol. The van der Waals surface area contributed by atoms with Gasteiger partial charge in [0.25, 0.3) is 0 Å². The molecular weight excluding hydrogens is 750 g/mol. The number of carbonyl (C=O) groups excluding carboxylic acids is 2. The van der Waals surface area contributed by atoms with E-state index in [0.29, 0.717) is 17.5 Å². The number of rotatable bonds is 47. The van der Waals surface area contributed by atoms with Crippen molar-refractivity contribution in [1.82, 2.24) is 0 Å². The summed E-state index contributed by atoms with van der Waals surface area (Å²) in [6, 6.07) is -0.356. The van der Waals surface area contributed by atoms with Crippen LogP contribution in [0.3, 0.4) is 0 Å². The van der Waals surface area contributed by atoms with Gasteiger partial charge < -0.3 is 26.4 Å². The molecule has 0 heterocycles. The Bertz CT molecular complexity index is 833. The molecule has 0 aliphatic carbocycles. The van der Waals surface area contributed by atoms with Gasteiger partial charge in [-0.15, -0.1) is 0 Å². The molecule has 354 valence electrons. The molecule has 0 rings (SSSR count). The second-order valence-electron chi connectivity index (χ2n) is 19.4. The molecule has 0 aliphatic rings. The SMILES string of the molecule is CCCCCCCCCCCCCCCCOC(=O)C(CCC(=O)OC(CCCCCCCCCCCCCC)CCCCCCCCCCCCCC)[N+](C)(C)C.[Cl-]. The van der Waals surface area contributed by atoms with Crippen LogP contribution in [0.2, 0.25) is 0 Å². The molecular formula is C53H106ClNO4. The molecule has 0 saturated carbocycles. The topological polar surface area (TPSA) is 52.6 Å². The van der Waals surface area contributed by atoms with Gasteiger partial charge in [-0.25, -0.2) is 4.79 Å². The standard InChI is InChI=1S/C53H106NO4.ClH/c1-7-10-13-16-19-22-25-28-29-32-35-38-41-44-49-57-53(56)51(54(4,5)6)47-48-52(55)58-50(45-42-39-36-33-30-26-23-20-17-14-11-8-2)46-43-40-37-34-31-27-24-21-18-15-12-9-3;/h50-51H,7-49H2,1-6H3;1H/q+1;/p-1. The maximum atomic E-state index is 13.3. The molecule has 0 saturated heterocycles. The minimum atomic E-state index is -0.356. The van der Waals surface area contributed by atoms with E-state index in [1.165, 1.54) is 218 Å². The first-order valence-corrected chi connectivity index (χ1v) is 26.4. The smallest absolute Gasteiger partial charge is 0.364 e. The summed E-state index contributed by atoms with van der Waals surface area (Å²) >= 11 is 0. The van der Waals surface area contributed by atoms with E-state index in [1.807, 2.05) is 21.1 Å². The summed E-state index contributed by atoms with van der Waals surface area (Å²) in [5.74, 6) is -0.305. The lowest BCUT2D eigenvalue weighted by molar-refractivity contribution is -0.887. The highest BCUT2D eigenvalue weighted by Gasteiger charge is 2.34. The van der Waals surface area contributed by atoms with Crippen LogP contribution in [0, 0.1) is 0 Å². The van der Waals surface area contributed by atoms with Crippen molar-refractivity contribution in [1.29, 1.82) is 0 Å². The van der Waals surface area contributed by atoms with Crippen molar-refractivity contribution in [3.05, 3.63) is 0 Å². The van der Waals surface area contributed by atoms with Crippen molar-refractivity contribution < 1.29 is 36.0 Å². The molecule has 0 aromatic carbocycles. The fourth-order valence-electron chi connectivity index (χ4n) is 8.57. The highest BCUT2D eigenvalue weighted by Crippen LogP contribution is 2.21. The summed E-state index contributed by atoms with van der Waals surface area (Å²) < 4.78 is 12.4. The van der Waals surface area contributed by atoms with E-state index < -0.39 is 0 Å². The molecule has 0 bridgehead atoms. The van der Waals surface area contributed by atoms with Gasteiger partial charge in [-0.3, -0.25) is 4.79 Å². The summed E-state index contributed by atoms with van der Waals surface area (Å²) in [5, 5.41) is 0. The summed E-state index contributed by atoms with van der Waals surface area (Å²) in [6.45, 7) is 7.34. The van der Waals surface area contributed by atoms with E-state index in [1.54, 1.807) is 0 Å². The van der Waals surface area contributed by atoms with Gasteiger partial charge >= 0.3 is 11.9 Å². The number of unbranched alkanes of at least 4 members (excludes halogenated alkanes) is 35. The molecule has 0 aromatic heterocycles. The Morgan fingerprint density at radius 3 is 0.949 bits per heavy atom. The average Bonchev–Trinajstić information content (AvgIpc) is 3.19. The van der Waals surface area contributed by atoms with Crippen LogP contribution in [0.4, 0.5) is 0 Å². The first-order valence-electron chi connectivity index (χ1n) is 26.4. The molecule has 6 heteroatoms. The number of esters is 2. The summed E-state index contributed by atoms with van der Waals surface area (Å²) in [5.41, 5.74) is 0. The fraction of sp³-hybridized carbons (Fsp3) is 0.962.